The Hall–Kier alpha value is -1.36. The molecule has 1 aliphatic rings. The van der Waals surface area contributed by atoms with Gasteiger partial charge in [-0.2, -0.15) is 0 Å². The molecular formula is C12H21N5. The molecule has 1 aromatic rings. The van der Waals surface area contributed by atoms with Gasteiger partial charge in [0.05, 0.1) is 18.1 Å². The molecule has 0 saturated carbocycles. The lowest BCUT2D eigenvalue weighted by molar-refractivity contribution is 0.150. The minimum absolute atomic E-state index is 0.345. The molecule has 0 amide bonds. The molecule has 2 rings (SSSR count). The standard InChI is InChI=1S/C12H21N5/c1-12(3-5-17(2)6-4-12)9-16-11-14-7-10(13)8-15-11/h7-8H,3-6,9,13H2,1-2H3,(H,14,15,16). The number of rotatable bonds is 3. The van der Waals surface area contributed by atoms with E-state index in [4.69, 9.17) is 5.73 Å². The Morgan fingerprint density at radius 3 is 2.53 bits per heavy atom. The highest BCUT2D eigenvalue weighted by Gasteiger charge is 2.28. The molecule has 1 fully saturated rings. The highest BCUT2D eigenvalue weighted by molar-refractivity contribution is 5.35. The number of piperidine rings is 1. The van der Waals surface area contributed by atoms with Gasteiger partial charge in [-0.3, -0.25) is 0 Å². The lowest BCUT2D eigenvalue weighted by atomic mass is 9.80. The lowest BCUT2D eigenvalue weighted by Crippen LogP contribution is -2.40. The molecule has 5 nitrogen and oxygen atoms in total. The molecular weight excluding hydrogens is 214 g/mol. The molecule has 17 heavy (non-hydrogen) atoms. The fraction of sp³-hybridized carbons (Fsp3) is 0.667. The van der Waals surface area contributed by atoms with Gasteiger partial charge in [0.2, 0.25) is 5.95 Å². The number of aromatic nitrogens is 2. The van der Waals surface area contributed by atoms with Crippen LogP contribution in [0.25, 0.3) is 0 Å². The van der Waals surface area contributed by atoms with E-state index in [1.807, 2.05) is 0 Å². The molecule has 94 valence electrons. The zero-order chi connectivity index (χ0) is 12.3. The molecule has 0 atom stereocenters. The first kappa shape index (κ1) is 12.1. The summed E-state index contributed by atoms with van der Waals surface area (Å²) in [4.78, 5) is 10.7. The van der Waals surface area contributed by atoms with Crippen molar-refractivity contribution in [2.45, 2.75) is 19.8 Å². The number of hydrogen-bond acceptors (Lipinski definition) is 5. The summed E-state index contributed by atoms with van der Waals surface area (Å²) >= 11 is 0. The van der Waals surface area contributed by atoms with Crippen molar-refractivity contribution < 1.29 is 0 Å². The maximum atomic E-state index is 5.55. The van der Waals surface area contributed by atoms with E-state index in [-0.39, 0.29) is 0 Å². The SMILES string of the molecule is CN1CCC(C)(CNc2ncc(N)cn2)CC1. The highest BCUT2D eigenvalue weighted by atomic mass is 15.1. The smallest absolute Gasteiger partial charge is 0.222 e. The number of nitrogens with one attached hydrogen (secondary N) is 1. The molecule has 5 heteroatoms. The molecule has 0 unspecified atom stereocenters. The van der Waals surface area contributed by atoms with Crippen LogP contribution < -0.4 is 11.1 Å². The summed E-state index contributed by atoms with van der Waals surface area (Å²) < 4.78 is 0. The zero-order valence-electron chi connectivity index (χ0n) is 10.6. The minimum Gasteiger partial charge on any atom is -0.396 e. The van der Waals surface area contributed by atoms with E-state index < -0.39 is 0 Å². The van der Waals surface area contributed by atoms with Gasteiger partial charge >= 0.3 is 0 Å². The third-order valence-electron chi connectivity index (χ3n) is 3.54. The second-order valence-electron chi connectivity index (χ2n) is 5.31. The maximum absolute atomic E-state index is 5.55. The molecule has 1 aromatic heterocycles. The van der Waals surface area contributed by atoms with E-state index in [1.54, 1.807) is 12.4 Å². The summed E-state index contributed by atoms with van der Waals surface area (Å²) in [6, 6.07) is 0. The summed E-state index contributed by atoms with van der Waals surface area (Å²) in [7, 11) is 2.18. The van der Waals surface area contributed by atoms with Crippen LogP contribution in [0.15, 0.2) is 12.4 Å². The quantitative estimate of drug-likeness (QED) is 0.824. The highest BCUT2D eigenvalue weighted by Crippen LogP contribution is 2.30. The van der Waals surface area contributed by atoms with Gasteiger partial charge in [0.1, 0.15) is 0 Å². The normalized spacial score (nSPS) is 20.1. The van der Waals surface area contributed by atoms with Crippen molar-refractivity contribution in [3.63, 3.8) is 0 Å². The number of nitrogen functional groups attached to an aromatic ring is 1. The summed E-state index contributed by atoms with van der Waals surface area (Å²) in [5.74, 6) is 0.666. The van der Waals surface area contributed by atoms with Crippen LogP contribution in [0.3, 0.4) is 0 Å². The monoisotopic (exact) mass is 235 g/mol. The second kappa shape index (κ2) is 4.87. The largest absolute Gasteiger partial charge is 0.396 e. The molecule has 0 spiro atoms. The van der Waals surface area contributed by atoms with Gasteiger partial charge in [-0.15, -0.1) is 0 Å². The summed E-state index contributed by atoms with van der Waals surface area (Å²) in [6.45, 7) is 5.58. The Bertz CT molecular complexity index is 354. The summed E-state index contributed by atoms with van der Waals surface area (Å²) in [6.07, 6.45) is 5.69. The molecule has 1 saturated heterocycles. The number of nitrogens with two attached hydrogens (primary N) is 1. The maximum Gasteiger partial charge on any atom is 0.222 e. The molecule has 0 radical (unpaired) electrons. The predicted molar refractivity (Wildman–Crippen MR) is 69.8 cm³/mol. The lowest BCUT2D eigenvalue weighted by Gasteiger charge is -2.37. The first-order valence-electron chi connectivity index (χ1n) is 6.07. The second-order valence-corrected chi connectivity index (χ2v) is 5.31. The number of anilines is 2. The van der Waals surface area contributed by atoms with Gasteiger partial charge in [-0.05, 0) is 38.4 Å². The summed E-state index contributed by atoms with van der Waals surface area (Å²) in [5, 5.41) is 3.30. The minimum atomic E-state index is 0.345. The van der Waals surface area contributed by atoms with Crippen LogP contribution in [0.4, 0.5) is 11.6 Å². The van der Waals surface area contributed by atoms with Crippen molar-refractivity contribution in [1.29, 1.82) is 0 Å². The van der Waals surface area contributed by atoms with E-state index in [0.717, 1.165) is 6.54 Å². The Morgan fingerprint density at radius 1 is 1.35 bits per heavy atom. The third kappa shape index (κ3) is 3.30. The van der Waals surface area contributed by atoms with Crippen molar-refractivity contribution in [1.82, 2.24) is 14.9 Å². The fourth-order valence-corrected chi connectivity index (χ4v) is 2.06. The van der Waals surface area contributed by atoms with E-state index in [0.29, 0.717) is 17.1 Å². The van der Waals surface area contributed by atoms with Gasteiger partial charge in [0, 0.05) is 6.54 Å². The van der Waals surface area contributed by atoms with E-state index >= 15 is 0 Å². The number of nitrogens with zero attached hydrogens (tertiary/aromatic N) is 3. The zero-order valence-corrected chi connectivity index (χ0v) is 10.6. The Labute approximate surface area is 102 Å². The molecule has 3 N–H and O–H groups in total. The van der Waals surface area contributed by atoms with Crippen LogP contribution >= 0.6 is 0 Å². The van der Waals surface area contributed by atoms with Crippen molar-refractivity contribution in [2.75, 3.05) is 37.7 Å². The molecule has 1 aliphatic heterocycles. The Kier molecular flexibility index (Phi) is 3.47. The van der Waals surface area contributed by atoms with Gasteiger partial charge in [-0.25, -0.2) is 9.97 Å². The van der Waals surface area contributed by atoms with Crippen LogP contribution in [-0.2, 0) is 0 Å². The Morgan fingerprint density at radius 2 is 1.94 bits per heavy atom. The van der Waals surface area contributed by atoms with Gasteiger partial charge in [0.15, 0.2) is 0 Å². The van der Waals surface area contributed by atoms with Crippen molar-refractivity contribution in [3.05, 3.63) is 12.4 Å². The first-order chi connectivity index (χ1) is 8.07. The molecule has 0 bridgehead atoms. The van der Waals surface area contributed by atoms with Crippen LogP contribution in [0.5, 0.6) is 0 Å². The van der Waals surface area contributed by atoms with E-state index in [1.165, 1.54) is 25.9 Å². The van der Waals surface area contributed by atoms with Gasteiger partial charge in [0.25, 0.3) is 0 Å². The van der Waals surface area contributed by atoms with Crippen molar-refractivity contribution in [2.24, 2.45) is 5.41 Å². The van der Waals surface area contributed by atoms with E-state index in [2.05, 4.69) is 34.2 Å². The summed E-state index contributed by atoms with van der Waals surface area (Å²) in [5.41, 5.74) is 6.49. The van der Waals surface area contributed by atoms with Crippen LogP contribution in [0.2, 0.25) is 0 Å². The average molecular weight is 235 g/mol. The molecule has 2 heterocycles. The van der Waals surface area contributed by atoms with Crippen LogP contribution in [-0.4, -0.2) is 41.5 Å². The topological polar surface area (TPSA) is 67.1 Å². The van der Waals surface area contributed by atoms with Crippen LogP contribution in [0.1, 0.15) is 19.8 Å². The van der Waals surface area contributed by atoms with Crippen molar-refractivity contribution in [3.8, 4) is 0 Å². The third-order valence-corrected chi connectivity index (χ3v) is 3.54. The fourth-order valence-electron chi connectivity index (χ4n) is 2.06. The van der Waals surface area contributed by atoms with Gasteiger partial charge < -0.3 is 16.0 Å². The molecule has 0 aliphatic carbocycles. The van der Waals surface area contributed by atoms with Gasteiger partial charge in [-0.1, -0.05) is 6.92 Å². The van der Waals surface area contributed by atoms with Crippen LogP contribution in [0, 0.1) is 5.41 Å². The Balaban J connectivity index is 1.87. The van der Waals surface area contributed by atoms with E-state index in [9.17, 15) is 0 Å². The average Bonchev–Trinajstić information content (AvgIpc) is 2.33. The first-order valence-corrected chi connectivity index (χ1v) is 6.07. The number of hydrogen-bond donors (Lipinski definition) is 2. The predicted octanol–water partition coefficient (Wildman–Crippen LogP) is 1.20. The molecule has 0 aromatic carbocycles. The number of likely N-dealkylation sites (tertiary alicyclic amines) is 1. The van der Waals surface area contributed by atoms with Crippen molar-refractivity contribution >= 4 is 11.6 Å².